The first-order valence-corrected chi connectivity index (χ1v) is 11.8. The highest BCUT2D eigenvalue weighted by atomic mass is 35.5. The molecule has 1 aromatic carbocycles. The summed E-state index contributed by atoms with van der Waals surface area (Å²) in [6.45, 7) is 7.48. The minimum atomic E-state index is -0.194. The second kappa shape index (κ2) is 10.4. The molecule has 2 aromatic heterocycles. The zero-order chi connectivity index (χ0) is 23.4. The number of aromatic nitrogens is 3. The van der Waals surface area contributed by atoms with Crippen molar-refractivity contribution in [1.82, 2.24) is 19.1 Å². The second-order valence-corrected chi connectivity index (χ2v) is 9.09. The summed E-state index contributed by atoms with van der Waals surface area (Å²) in [6.07, 6.45) is 2.70. The number of esters is 1. The van der Waals surface area contributed by atoms with Crippen LogP contribution < -0.4 is 10.6 Å². The summed E-state index contributed by atoms with van der Waals surface area (Å²) in [7, 11) is 0. The van der Waals surface area contributed by atoms with Gasteiger partial charge in [0.05, 0.1) is 18.6 Å². The van der Waals surface area contributed by atoms with Gasteiger partial charge in [-0.1, -0.05) is 23.7 Å². The number of rotatable bonds is 8. The molecule has 176 valence electrons. The Morgan fingerprint density at radius 3 is 2.79 bits per heavy atom. The van der Waals surface area contributed by atoms with Crippen LogP contribution in [-0.4, -0.2) is 63.4 Å². The Morgan fingerprint density at radius 1 is 1.18 bits per heavy atom. The normalized spacial score (nSPS) is 17.1. The average Bonchev–Trinajstić information content (AvgIpc) is 3.09. The van der Waals surface area contributed by atoms with E-state index in [0.717, 1.165) is 38.3 Å². The number of anilines is 1. The quantitative estimate of drug-likeness (QED) is 0.470. The number of carbonyl (C=O) groups excluding carboxylic acids is 1. The van der Waals surface area contributed by atoms with Gasteiger partial charge in [0.1, 0.15) is 0 Å². The van der Waals surface area contributed by atoms with E-state index in [1.165, 1.54) is 4.68 Å². The molecule has 1 aliphatic rings. The Morgan fingerprint density at radius 2 is 2.03 bits per heavy atom. The molecule has 1 saturated heterocycles. The molecule has 1 atom stereocenters. The van der Waals surface area contributed by atoms with Crippen LogP contribution in [0.2, 0.25) is 5.02 Å². The maximum absolute atomic E-state index is 12.5. The van der Waals surface area contributed by atoms with Crippen LogP contribution in [0.3, 0.4) is 0 Å². The molecule has 0 N–H and O–H groups in total. The molecule has 3 aromatic rings. The zero-order valence-electron chi connectivity index (χ0n) is 19.1. The van der Waals surface area contributed by atoms with Crippen LogP contribution in [-0.2, 0) is 16.1 Å². The van der Waals surface area contributed by atoms with Crippen molar-refractivity contribution in [2.24, 2.45) is 0 Å². The van der Waals surface area contributed by atoms with Gasteiger partial charge in [-0.05, 0) is 50.6 Å². The van der Waals surface area contributed by atoms with Crippen LogP contribution in [0.15, 0.2) is 53.5 Å². The first-order chi connectivity index (χ1) is 15.9. The summed E-state index contributed by atoms with van der Waals surface area (Å²) < 4.78 is 8.50. The van der Waals surface area contributed by atoms with E-state index in [0.29, 0.717) is 23.6 Å². The molecule has 0 radical (unpaired) electrons. The highest BCUT2D eigenvalue weighted by molar-refractivity contribution is 6.30. The van der Waals surface area contributed by atoms with Gasteiger partial charge in [0.15, 0.2) is 5.65 Å². The number of piperazine rings is 1. The van der Waals surface area contributed by atoms with E-state index < -0.39 is 0 Å². The van der Waals surface area contributed by atoms with Crippen LogP contribution in [0.5, 0.6) is 0 Å². The molecule has 0 saturated carbocycles. The van der Waals surface area contributed by atoms with E-state index in [-0.39, 0.29) is 23.8 Å². The van der Waals surface area contributed by atoms with Crippen molar-refractivity contribution in [1.29, 1.82) is 0 Å². The highest BCUT2D eigenvalue weighted by Crippen LogP contribution is 2.25. The Bertz CT molecular complexity index is 1160. The van der Waals surface area contributed by atoms with Gasteiger partial charge in [-0.25, -0.2) is 9.48 Å². The van der Waals surface area contributed by atoms with Crippen molar-refractivity contribution < 1.29 is 9.53 Å². The molecule has 0 amide bonds. The largest absolute Gasteiger partial charge is 0.463 e. The van der Waals surface area contributed by atoms with E-state index in [4.69, 9.17) is 16.3 Å². The number of fused-ring (bicyclic) bond motifs is 1. The predicted molar refractivity (Wildman–Crippen MR) is 129 cm³/mol. The van der Waals surface area contributed by atoms with Gasteiger partial charge in [-0.2, -0.15) is 0 Å². The molecular formula is C24H30ClN5O3. The zero-order valence-corrected chi connectivity index (χ0v) is 19.8. The standard InChI is InChI=1S/C24H30ClN5O3/c1-18(2)33-23(31)16-21-17-27(13-14-28(21)20-8-5-7-19(25)15-20)10-6-12-30-24(32)29-11-4-3-9-22(29)26-30/h3-5,7-9,11,15,18,21H,6,10,12-14,16-17H2,1-2H3. The molecule has 8 nitrogen and oxygen atoms in total. The summed E-state index contributed by atoms with van der Waals surface area (Å²) in [5.41, 5.74) is 1.55. The lowest BCUT2D eigenvalue weighted by molar-refractivity contribution is -0.148. The van der Waals surface area contributed by atoms with Crippen LogP contribution in [0, 0.1) is 0 Å². The van der Waals surface area contributed by atoms with Crippen molar-refractivity contribution in [3.8, 4) is 0 Å². The van der Waals surface area contributed by atoms with Crippen LogP contribution in [0.4, 0.5) is 5.69 Å². The number of nitrogens with zero attached hydrogens (tertiary/aromatic N) is 5. The summed E-state index contributed by atoms with van der Waals surface area (Å²) in [6, 6.07) is 13.3. The maximum Gasteiger partial charge on any atom is 0.350 e. The lowest BCUT2D eigenvalue weighted by Gasteiger charge is -2.42. The van der Waals surface area contributed by atoms with Gasteiger partial charge in [-0.15, -0.1) is 5.10 Å². The number of hydrogen-bond acceptors (Lipinski definition) is 6. The number of aryl methyl sites for hydroxylation is 1. The SMILES string of the molecule is CC(C)OC(=O)CC1CN(CCCn2nc3ccccn3c2=O)CCN1c1cccc(Cl)c1. The van der Waals surface area contributed by atoms with E-state index in [2.05, 4.69) is 14.9 Å². The number of halogens is 1. The smallest absolute Gasteiger partial charge is 0.350 e. The molecule has 1 unspecified atom stereocenters. The van der Waals surface area contributed by atoms with Gasteiger partial charge in [0.25, 0.3) is 0 Å². The summed E-state index contributed by atoms with van der Waals surface area (Å²) in [4.78, 5) is 29.5. The molecule has 1 fully saturated rings. The van der Waals surface area contributed by atoms with Crippen LogP contribution in [0.1, 0.15) is 26.7 Å². The summed E-state index contributed by atoms with van der Waals surface area (Å²) in [5.74, 6) is -0.194. The first-order valence-electron chi connectivity index (χ1n) is 11.4. The Hall–Kier alpha value is -2.84. The monoisotopic (exact) mass is 471 g/mol. The van der Waals surface area contributed by atoms with Gasteiger partial charge in [0, 0.05) is 49.6 Å². The number of carbonyl (C=O) groups is 1. The molecule has 3 heterocycles. The fourth-order valence-corrected chi connectivity index (χ4v) is 4.54. The maximum atomic E-state index is 12.5. The number of hydrogen-bond donors (Lipinski definition) is 0. The third-order valence-electron chi connectivity index (χ3n) is 5.81. The molecule has 9 heteroatoms. The van der Waals surface area contributed by atoms with Crippen molar-refractivity contribution in [3.05, 3.63) is 64.2 Å². The average molecular weight is 472 g/mol. The second-order valence-electron chi connectivity index (χ2n) is 8.66. The van der Waals surface area contributed by atoms with E-state index >= 15 is 0 Å². The fraction of sp³-hybridized carbons (Fsp3) is 0.458. The molecule has 33 heavy (non-hydrogen) atoms. The van der Waals surface area contributed by atoms with E-state index in [1.807, 2.05) is 56.3 Å². The third kappa shape index (κ3) is 5.75. The van der Waals surface area contributed by atoms with Gasteiger partial charge < -0.3 is 9.64 Å². The molecule has 0 spiro atoms. The first kappa shape index (κ1) is 23.3. The topological polar surface area (TPSA) is 72.1 Å². The molecule has 1 aliphatic heterocycles. The van der Waals surface area contributed by atoms with Gasteiger partial charge in [0.2, 0.25) is 0 Å². The summed E-state index contributed by atoms with van der Waals surface area (Å²) >= 11 is 6.22. The van der Waals surface area contributed by atoms with Crippen LogP contribution in [0.25, 0.3) is 5.65 Å². The van der Waals surface area contributed by atoms with Crippen molar-refractivity contribution >= 4 is 28.9 Å². The third-order valence-corrected chi connectivity index (χ3v) is 6.04. The predicted octanol–water partition coefficient (Wildman–Crippen LogP) is 3.07. The Balaban J connectivity index is 1.40. The van der Waals surface area contributed by atoms with Gasteiger partial charge in [-0.3, -0.25) is 14.1 Å². The molecule has 0 aliphatic carbocycles. The molecule has 0 bridgehead atoms. The lowest BCUT2D eigenvalue weighted by Crippen LogP contribution is -2.54. The van der Waals surface area contributed by atoms with Gasteiger partial charge >= 0.3 is 11.7 Å². The number of ether oxygens (including phenoxy) is 1. The Kier molecular flexibility index (Phi) is 7.35. The number of benzene rings is 1. The minimum Gasteiger partial charge on any atom is -0.463 e. The summed E-state index contributed by atoms with van der Waals surface area (Å²) in [5, 5.41) is 5.08. The van der Waals surface area contributed by atoms with E-state index in [9.17, 15) is 9.59 Å². The van der Waals surface area contributed by atoms with Crippen molar-refractivity contribution in [2.75, 3.05) is 31.1 Å². The fourth-order valence-electron chi connectivity index (χ4n) is 4.35. The van der Waals surface area contributed by atoms with E-state index in [1.54, 1.807) is 10.6 Å². The van der Waals surface area contributed by atoms with Crippen molar-refractivity contribution in [3.63, 3.8) is 0 Å². The van der Waals surface area contributed by atoms with Crippen molar-refractivity contribution in [2.45, 2.75) is 45.4 Å². The number of pyridine rings is 1. The molecular weight excluding hydrogens is 442 g/mol. The molecule has 4 rings (SSSR count). The Labute approximate surface area is 198 Å². The van der Waals surface area contributed by atoms with Crippen LogP contribution >= 0.6 is 11.6 Å². The minimum absolute atomic E-state index is 0.0126. The highest BCUT2D eigenvalue weighted by Gasteiger charge is 2.29. The lowest BCUT2D eigenvalue weighted by atomic mass is 10.1.